The van der Waals surface area contributed by atoms with Crippen LogP contribution in [0, 0.1) is 0 Å². The van der Waals surface area contributed by atoms with Crippen molar-refractivity contribution in [2.24, 2.45) is 0 Å². The van der Waals surface area contributed by atoms with Crippen molar-refractivity contribution in [1.82, 2.24) is 9.88 Å². The van der Waals surface area contributed by atoms with Crippen molar-refractivity contribution in [1.29, 1.82) is 0 Å². The van der Waals surface area contributed by atoms with Crippen LogP contribution in [0.2, 0.25) is 0 Å². The number of carbonyl (C=O) groups is 1. The molecule has 3 rings (SSSR count). The highest BCUT2D eigenvalue weighted by atomic mass is 32.1. The quantitative estimate of drug-likeness (QED) is 0.772. The van der Waals surface area contributed by atoms with E-state index >= 15 is 0 Å². The molecule has 1 fully saturated rings. The average Bonchev–Trinajstić information content (AvgIpc) is 2.86. The van der Waals surface area contributed by atoms with Gasteiger partial charge in [0.05, 0.1) is 28.9 Å². The molecule has 0 bridgehead atoms. The lowest BCUT2D eigenvalue weighted by molar-refractivity contribution is 0.0303. The van der Waals surface area contributed by atoms with E-state index in [-0.39, 0.29) is 5.91 Å². The molecule has 1 aromatic heterocycles. The number of thiazole rings is 1. The number of carbonyl (C=O) groups excluding carboxylic acids is 1. The molecule has 1 aliphatic heterocycles. The zero-order chi connectivity index (χ0) is 11.7. The lowest BCUT2D eigenvalue weighted by atomic mass is 10.2. The number of fused-ring (bicyclic) bond motifs is 1. The van der Waals surface area contributed by atoms with Crippen molar-refractivity contribution in [3.8, 4) is 0 Å². The molecule has 1 amide bonds. The molecular weight excluding hydrogens is 236 g/mol. The fraction of sp³-hybridized carbons (Fsp3) is 0.333. The van der Waals surface area contributed by atoms with Crippen molar-refractivity contribution in [3.63, 3.8) is 0 Å². The second-order valence-corrected chi connectivity index (χ2v) is 4.83. The molecule has 0 unspecified atom stereocenters. The predicted octanol–water partition coefficient (Wildman–Crippen LogP) is 1.77. The predicted molar refractivity (Wildman–Crippen MR) is 66.3 cm³/mol. The smallest absolute Gasteiger partial charge is 0.254 e. The number of ether oxygens (including phenoxy) is 1. The van der Waals surface area contributed by atoms with Crippen LogP contribution in [0.1, 0.15) is 10.4 Å². The molecule has 17 heavy (non-hydrogen) atoms. The van der Waals surface area contributed by atoms with Gasteiger partial charge in [-0.25, -0.2) is 4.98 Å². The van der Waals surface area contributed by atoms with Gasteiger partial charge in [0.15, 0.2) is 0 Å². The van der Waals surface area contributed by atoms with Crippen LogP contribution in [0.15, 0.2) is 23.7 Å². The van der Waals surface area contributed by atoms with Gasteiger partial charge in [-0.15, -0.1) is 11.3 Å². The molecule has 2 heterocycles. The van der Waals surface area contributed by atoms with Crippen LogP contribution < -0.4 is 0 Å². The topological polar surface area (TPSA) is 42.4 Å². The summed E-state index contributed by atoms with van der Waals surface area (Å²) in [5.74, 6) is 0.0867. The molecule has 2 aromatic rings. The second-order valence-electron chi connectivity index (χ2n) is 3.94. The first-order valence-corrected chi connectivity index (χ1v) is 6.43. The first-order chi connectivity index (χ1) is 8.34. The molecule has 0 saturated carbocycles. The number of rotatable bonds is 1. The maximum Gasteiger partial charge on any atom is 0.254 e. The van der Waals surface area contributed by atoms with E-state index < -0.39 is 0 Å². The maximum absolute atomic E-state index is 12.2. The van der Waals surface area contributed by atoms with E-state index in [9.17, 15) is 4.79 Å². The van der Waals surface area contributed by atoms with E-state index in [4.69, 9.17) is 4.74 Å². The third kappa shape index (κ3) is 2.03. The summed E-state index contributed by atoms with van der Waals surface area (Å²) in [4.78, 5) is 18.3. The summed E-state index contributed by atoms with van der Waals surface area (Å²) in [6, 6.07) is 5.67. The van der Waals surface area contributed by atoms with Crippen molar-refractivity contribution < 1.29 is 9.53 Å². The maximum atomic E-state index is 12.2. The van der Waals surface area contributed by atoms with E-state index in [0.717, 1.165) is 15.8 Å². The van der Waals surface area contributed by atoms with Crippen molar-refractivity contribution in [3.05, 3.63) is 29.3 Å². The average molecular weight is 248 g/mol. The van der Waals surface area contributed by atoms with Crippen LogP contribution in [0.4, 0.5) is 0 Å². The molecule has 0 N–H and O–H groups in total. The number of amides is 1. The van der Waals surface area contributed by atoms with Gasteiger partial charge < -0.3 is 9.64 Å². The van der Waals surface area contributed by atoms with Crippen LogP contribution in [-0.2, 0) is 4.74 Å². The van der Waals surface area contributed by atoms with Crippen LogP contribution in [-0.4, -0.2) is 42.1 Å². The van der Waals surface area contributed by atoms with Crippen LogP contribution >= 0.6 is 11.3 Å². The summed E-state index contributed by atoms with van der Waals surface area (Å²) in [5, 5.41) is 0. The van der Waals surface area contributed by atoms with E-state index in [1.54, 1.807) is 16.8 Å². The van der Waals surface area contributed by atoms with Gasteiger partial charge >= 0.3 is 0 Å². The first-order valence-electron chi connectivity index (χ1n) is 5.55. The third-order valence-corrected chi connectivity index (χ3v) is 3.67. The SMILES string of the molecule is O=C(c1ccc2ncsc2c1)N1CCOCC1. The normalized spacial score (nSPS) is 16.4. The molecule has 88 valence electrons. The largest absolute Gasteiger partial charge is 0.378 e. The zero-order valence-electron chi connectivity index (χ0n) is 9.26. The molecule has 0 aliphatic carbocycles. The van der Waals surface area contributed by atoms with Crippen molar-refractivity contribution in [2.45, 2.75) is 0 Å². The van der Waals surface area contributed by atoms with Gasteiger partial charge in [0, 0.05) is 18.7 Å². The zero-order valence-corrected chi connectivity index (χ0v) is 10.1. The minimum Gasteiger partial charge on any atom is -0.378 e. The summed E-state index contributed by atoms with van der Waals surface area (Å²) in [7, 11) is 0. The fourth-order valence-corrected chi connectivity index (χ4v) is 2.65. The van der Waals surface area contributed by atoms with E-state index in [0.29, 0.717) is 26.3 Å². The second kappa shape index (κ2) is 4.43. The number of morpholine rings is 1. The number of aromatic nitrogens is 1. The van der Waals surface area contributed by atoms with Gasteiger partial charge in [-0.2, -0.15) is 0 Å². The number of benzene rings is 1. The highest BCUT2D eigenvalue weighted by Crippen LogP contribution is 2.20. The summed E-state index contributed by atoms with van der Waals surface area (Å²) in [6.07, 6.45) is 0. The summed E-state index contributed by atoms with van der Waals surface area (Å²) >= 11 is 1.56. The van der Waals surface area contributed by atoms with Gasteiger partial charge in [0.25, 0.3) is 5.91 Å². The highest BCUT2D eigenvalue weighted by Gasteiger charge is 2.18. The Morgan fingerprint density at radius 1 is 1.35 bits per heavy atom. The lowest BCUT2D eigenvalue weighted by Crippen LogP contribution is -2.40. The Labute approximate surface area is 103 Å². The summed E-state index contributed by atoms with van der Waals surface area (Å²) < 4.78 is 6.30. The number of nitrogens with zero attached hydrogens (tertiary/aromatic N) is 2. The van der Waals surface area contributed by atoms with Gasteiger partial charge in [-0.3, -0.25) is 4.79 Å². The Bertz CT molecular complexity index is 546. The minimum atomic E-state index is 0.0867. The number of hydrogen-bond acceptors (Lipinski definition) is 4. The van der Waals surface area contributed by atoms with Gasteiger partial charge in [-0.1, -0.05) is 0 Å². The Hall–Kier alpha value is -1.46. The Morgan fingerprint density at radius 3 is 3.00 bits per heavy atom. The molecule has 0 atom stereocenters. The van der Waals surface area contributed by atoms with Gasteiger partial charge in [0.2, 0.25) is 0 Å². The minimum absolute atomic E-state index is 0.0867. The standard InChI is InChI=1S/C12H12N2O2S/c15-12(14-3-5-16-6-4-14)9-1-2-10-11(7-9)17-8-13-10/h1-2,7-8H,3-6H2. The molecule has 1 aliphatic rings. The van der Waals surface area contributed by atoms with Crippen molar-refractivity contribution >= 4 is 27.5 Å². The van der Waals surface area contributed by atoms with E-state index in [2.05, 4.69) is 4.98 Å². The molecule has 1 saturated heterocycles. The van der Waals surface area contributed by atoms with Crippen LogP contribution in [0.3, 0.4) is 0 Å². The Morgan fingerprint density at radius 2 is 2.18 bits per heavy atom. The molecule has 5 heteroatoms. The first kappa shape index (κ1) is 10.7. The molecule has 0 spiro atoms. The van der Waals surface area contributed by atoms with E-state index in [1.807, 2.05) is 23.1 Å². The Balaban J connectivity index is 1.88. The van der Waals surface area contributed by atoms with Crippen LogP contribution in [0.5, 0.6) is 0 Å². The van der Waals surface area contributed by atoms with Gasteiger partial charge in [-0.05, 0) is 18.2 Å². The Kier molecular flexibility index (Phi) is 2.78. The van der Waals surface area contributed by atoms with Crippen molar-refractivity contribution in [2.75, 3.05) is 26.3 Å². The fourth-order valence-electron chi connectivity index (χ4n) is 1.94. The summed E-state index contributed by atoms with van der Waals surface area (Å²) in [6.45, 7) is 2.63. The molecule has 0 radical (unpaired) electrons. The number of hydrogen-bond donors (Lipinski definition) is 0. The molecule has 1 aromatic carbocycles. The molecular formula is C12H12N2O2S. The van der Waals surface area contributed by atoms with E-state index in [1.165, 1.54) is 0 Å². The third-order valence-electron chi connectivity index (χ3n) is 2.88. The lowest BCUT2D eigenvalue weighted by Gasteiger charge is -2.26. The monoisotopic (exact) mass is 248 g/mol. The highest BCUT2D eigenvalue weighted by molar-refractivity contribution is 7.16. The summed E-state index contributed by atoms with van der Waals surface area (Å²) in [5.41, 5.74) is 3.49. The van der Waals surface area contributed by atoms with Crippen LogP contribution in [0.25, 0.3) is 10.2 Å². The van der Waals surface area contributed by atoms with Gasteiger partial charge in [0.1, 0.15) is 0 Å². The molecule has 4 nitrogen and oxygen atoms in total.